The van der Waals surface area contributed by atoms with E-state index in [2.05, 4.69) is 9.62 Å². The Kier molecular flexibility index (Phi) is 5.68. The highest BCUT2D eigenvalue weighted by Crippen LogP contribution is 2.23. The Morgan fingerprint density at radius 2 is 1.90 bits per heavy atom. The lowest BCUT2D eigenvalue weighted by Crippen LogP contribution is -2.51. The molecule has 1 aliphatic carbocycles. The van der Waals surface area contributed by atoms with Crippen LogP contribution in [-0.4, -0.2) is 55.0 Å². The van der Waals surface area contributed by atoms with Gasteiger partial charge in [-0.3, -0.25) is 4.90 Å². The van der Waals surface area contributed by atoms with E-state index in [1.165, 1.54) is 0 Å². The van der Waals surface area contributed by atoms with Crippen molar-refractivity contribution in [2.45, 2.75) is 75.7 Å². The first-order valence-corrected chi connectivity index (χ1v) is 9.83. The molecule has 0 aromatic rings. The average molecular weight is 318 g/mol. The quantitative estimate of drug-likeness (QED) is 0.778. The van der Waals surface area contributed by atoms with Crippen molar-refractivity contribution in [2.24, 2.45) is 0 Å². The minimum Gasteiger partial charge on any atom is -0.389 e. The molecule has 0 spiro atoms. The van der Waals surface area contributed by atoms with Gasteiger partial charge in [0.1, 0.15) is 0 Å². The molecule has 1 heterocycles. The molecule has 2 rings (SSSR count). The van der Waals surface area contributed by atoms with Crippen molar-refractivity contribution in [3.8, 4) is 0 Å². The maximum atomic E-state index is 12.5. The van der Waals surface area contributed by atoms with Crippen LogP contribution in [0.4, 0.5) is 0 Å². The molecular weight excluding hydrogens is 288 g/mol. The summed E-state index contributed by atoms with van der Waals surface area (Å²) in [4.78, 5) is 2.10. The molecule has 1 aliphatic heterocycles. The Labute approximate surface area is 129 Å². The number of nitrogens with one attached hydrogen (secondary N) is 1. The molecule has 2 atom stereocenters. The third-order valence-corrected chi connectivity index (χ3v) is 6.84. The van der Waals surface area contributed by atoms with E-state index in [-0.39, 0.29) is 11.3 Å². The lowest BCUT2D eigenvalue weighted by atomic mass is 10.0. The van der Waals surface area contributed by atoms with Crippen LogP contribution in [-0.2, 0) is 10.0 Å². The summed E-state index contributed by atoms with van der Waals surface area (Å²) in [5, 5.41) is 9.85. The van der Waals surface area contributed by atoms with Crippen LogP contribution in [0.5, 0.6) is 0 Å². The zero-order chi connectivity index (χ0) is 15.5. The van der Waals surface area contributed by atoms with Crippen molar-refractivity contribution in [1.82, 2.24) is 9.62 Å². The summed E-state index contributed by atoms with van der Waals surface area (Å²) < 4.78 is 27.9. The molecule has 0 unspecified atom stereocenters. The third kappa shape index (κ3) is 4.91. The van der Waals surface area contributed by atoms with E-state index in [4.69, 9.17) is 0 Å². The lowest BCUT2D eigenvalue weighted by Gasteiger charge is -2.37. The van der Waals surface area contributed by atoms with Gasteiger partial charge in [0.05, 0.1) is 10.9 Å². The maximum absolute atomic E-state index is 12.5. The molecule has 0 bridgehead atoms. The summed E-state index contributed by atoms with van der Waals surface area (Å²) in [7, 11) is -3.24. The number of hydrogen-bond donors (Lipinski definition) is 2. The fourth-order valence-electron chi connectivity index (χ4n) is 3.38. The van der Waals surface area contributed by atoms with E-state index in [0.717, 1.165) is 45.1 Å². The maximum Gasteiger partial charge on any atom is 0.215 e. The molecule has 124 valence electrons. The van der Waals surface area contributed by atoms with Gasteiger partial charge in [-0.15, -0.1) is 0 Å². The van der Waals surface area contributed by atoms with Crippen LogP contribution >= 0.6 is 0 Å². The number of piperidine rings is 1. The Morgan fingerprint density at radius 3 is 2.52 bits per heavy atom. The lowest BCUT2D eigenvalue weighted by molar-refractivity contribution is 0.0116. The summed E-state index contributed by atoms with van der Waals surface area (Å²) in [5.41, 5.74) is -0.732. The second kappa shape index (κ2) is 6.94. The summed E-state index contributed by atoms with van der Waals surface area (Å²) in [6, 6.07) is 0.143. The molecule has 1 saturated carbocycles. The zero-order valence-corrected chi connectivity index (χ0v) is 14.2. The standard InChI is InChI=1S/C15H30N2O3S/c1-3-15(2,18)12-17-10-6-9-14(11-17)21(19,20)16-13-7-4-5-8-13/h13-14,16,18H,3-12H2,1-2H3/t14-,15+/m0/s1. The Bertz CT molecular complexity index is 430. The SMILES string of the molecule is CC[C@@](C)(O)CN1CCC[C@H](S(=O)(=O)NC2CCCC2)C1. The molecule has 2 aliphatic rings. The van der Waals surface area contributed by atoms with Crippen molar-refractivity contribution in [2.75, 3.05) is 19.6 Å². The van der Waals surface area contributed by atoms with Crippen LogP contribution in [0.1, 0.15) is 58.8 Å². The van der Waals surface area contributed by atoms with Gasteiger partial charge in [0.15, 0.2) is 0 Å². The van der Waals surface area contributed by atoms with Crippen LogP contribution < -0.4 is 4.72 Å². The molecular formula is C15H30N2O3S. The van der Waals surface area contributed by atoms with Crippen molar-refractivity contribution in [1.29, 1.82) is 0 Å². The molecule has 0 radical (unpaired) electrons. The minimum atomic E-state index is -3.24. The van der Waals surface area contributed by atoms with Gasteiger partial charge >= 0.3 is 0 Å². The second-order valence-corrected chi connectivity index (χ2v) is 8.99. The molecule has 0 aromatic heterocycles. The predicted octanol–water partition coefficient (Wildman–Crippen LogP) is 1.47. The number of sulfonamides is 1. The molecule has 5 nitrogen and oxygen atoms in total. The predicted molar refractivity (Wildman–Crippen MR) is 84.7 cm³/mol. The largest absolute Gasteiger partial charge is 0.389 e. The first kappa shape index (κ1) is 17.2. The van der Waals surface area contributed by atoms with Gasteiger partial charge < -0.3 is 5.11 Å². The van der Waals surface area contributed by atoms with E-state index in [1.54, 1.807) is 0 Å². The van der Waals surface area contributed by atoms with Gasteiger partial charge in [-0.1, -0.05) is 19.8 Å². The van der Waals surface area contributed by atoms with E-state index >= 15 is 0 Å². The number of hydrogen-bond acceptors (Lipinski definition) is 4. The highest BCUT2D eigenvalue weighted by Gasteiger charge is 2.34. The topological polar surface area (TPSA) is 69.6 Å². The number of rotatable bonds is 6. The molecule has 0 amide bonds. The van der Waals surface area contributed by atoms with Gasteiger partial charge in [0.25, 0.3) is 0 Å². The van der Waals surface area contributed by atoms with Gasteiger partial charge in [-0.05, 0) is 45.6 Å². The number of likely N-dealkylation sites (tertiary alicyclic amines) is 1. The van der Waals surface area contributed by atoms with E-state index < -0.39 is 15.6 Å². The fraction of sp³-hybridized carbons (Fsp3) is 1.00. The number of aliphatic hydroxyl groups is 1. The Balaban J connectivity index is 1.93. The van der Waals surface area contributed by atoms with Gasteiger partial charge in [-0.2, -0.15) is 0 Å². The first-order valence-electron chi connectivity index (χ1n) is 8.28. The van der Waals surface area contributed by atoms with E-state index in [0.29, 0.717) is 19.5 Å². The van der Waals surface area contributed by atoms with Crippen molar-refractivity contribution in [3.63, 3.8) is 0 Å². The Hall–Kier alpha value is -0.170. The van der Waals surface area contributed by atoms with Crippen LogP contribution in [0.2, 0.25) is 0 Å². The second-order valence-electron chi connectivity index (χ2n) is 6.99. The normalized spacial score (nSPS) is 28.6. The molecule has 21 heavy (non-hydrogen) atoms. The van der Waals surface area contributed by atoms with Crippen molar-refractivity contribution in [3.05, 3.63) is 0 Å². The summed E-state index contributed by atoms with van der Waals surface area (Å²) >= 11 is 0. The highest BCUT2D eigenvalue weighted by molar-refractivity contribution is 7.90. The number of β-amino-alcohol motifs (C(OH)–C–C–N with tert-alkyl or cyclic N) is 1. The molecule has 6 heteroatoms. The molecule has 2 N–H and O–H groups in total. The minimum absolute atomic E-state index is 0.143. The fourth-order valence-corrected chi connectivity index (χ4v) is 5.15. The summed E-state index contributed by atoms with van der Waals surface area (Å²) in [6.45, 7) is 5.75. The van der Waals surface area contributed by atoms with Crippen molar-refractivity contribution < 1.29 is 13.5 Å². The van der Waals surface area contributed by atoms with Gasteiger partial charge in [0.2, 0.25) is 10.0 Å². The highest BCUT2D eigenvalue weighted by atomic mass is 32.2. The smallest absolute Gasteiger partial charge is 0.215 e. The summed E-state index contributed by atoms with van der Waals surface area (Å²) in [6.07, 6.45) is 6.50. The van der Waals surface area contributed by atoms with Crippen molar-refractivity contribution >= 4 is 10.0 Å². The monoisotopic (exact) mass is 318 g/mol. The number of nitrogens with zero attached hydrogens (tertiary/aromatic N) is 1. The first-order chi connectivity index (χ1) is 9.82. The van der Waals surface area contributed by atoms with E-state index in [9.17, 15) is 13.5 Å². The van der Waals surface area contributed by atoms with Crippen LogP contribution in [0.15, 0.2) is 0 Å². The summed E-state index contributed by atoms with van der Waals surface area (Å²) in [5.74, 6) is 0. The van der Waals surface area contributed by atoms with Crippen LogP contribution in [0, 0.1) is 0 Å². The third-order valence-electron chi connectivity index (χ3n) is 4.91. The average Bonchev–Trinajstić information content (AvgIpc) is 2.91. The Morgan fingerprint density at radius 1 is 1.24 bits per heavy atom. The zero-order valence-electron chi connectivity index (χ0n) is 13.3. The molecule has 0 aromatic carbocycles. The van der Waals surface area contributed by atoms with E-state index in [1.807, 2.05) is 13.8 Å². The van der Waals surface area contributed by atoms with Gasteiger partial charge in [0, 0.05) is 19.1 Å². The van der Waals surface area contributed by atoms with Gasteiger partial charge in [-0.25, -0.2) is 13.1 Å². The molecule has 1 saturated heterocycles. The molecule has 2 fully saturated rings. The van der Waals surface area contributed by atoms with Crippen LogP contribution in [0.25, 0.3) is 0 Å². The van der Waals surface area contributed by atoms with Crippen LogP contribution in [0.3, 0.4) is 0 Å².